The predicted octanol–water partition coefficient (Wildman–Crippen LogP) is 3.11. The molecule has 0 bridgehead atoms. The summed E-state index contributed by atoms with van der Waals surface area (Å²) in [4.78, 5) is 13.0. The molecule has 0 aromatic heterocycles. The fourth-order valence-corrected chi connectivity index (χ4v) is 3.22. The van der Waals surface area contributed by atoms with Gasteiger partial charge in [-0.1, -0.05) is 19.9 Å². The zero-order valence-corrected chi connectivity index (χ0v) is 12.4. The van der Waals surface area contributed by atoms with Gasteiger partial charge in [0, 0.05) is 32.7 Å². The highest BCUT2D eigenvalue weighted by atomic mass is 16.6. The number of benzene rings is 1. The molecule has 1 aromatic carbocycles. The Bertz CT molecular complexity index is 480. The van der Waals surface area contributed by atoms with Gasteiger partial charge in [0.1, 0.15) is 5.69 Å². The van der Waals surface area contributed by atoms with Crippen LogP contribution in [-0.2, 0) is 6.54 Å². The summed E-state index contributed by atoms with van der Waals surface area (Å²) in [6.07, 6.45) is 1.29. The first-order valence-electron chi connectivity index (χ1n) is 7.17. The lowest BCUT2D eigenvalue weighted by molar-refractivity contribution is -0.384. The highest BCUT2D eigenvalue weighted by Crippen LogP contribution is 2.27. The minimum absolute atomic E-state index is 0.136. The number of nitrogens with zero attached hydrogens (tertiary/aromatic N) is 2. The highest BCUT2D eigenvalue weighted by molar-refractivity contribution is 5.62. The van der Waals surface area contributed by atoms with E-state index in [1.807, 2.05) is 12.1 Å². The van der Waals surface area contributed by atoms with E-state index in [4.69, 9.17) is 0 Å². The third-order valence-corrected chi connectivity index (χ3v) is 3.88. The lowest BCUT2D eigenvalue weighted by atomic mass is 9.91. The number of anilines is 1. The van der Waals surface area contributed by atoms with Crippen molar-refractivity contribution in [3.63, 3.8) is 0 Å². The van der Waals surface area contributed by atoms with Crippen molar-refractivity contribution < 1.29 is 4.92 Å². The topological polar surface area (TPSA) is 58.4 Å². The molecule has 1 saturated heterocycles. The van der Waals surface area contributed by atoms with Crippen LogP contribution in [0.15, 0.2) is 18.2 Å². The van der Waals surface area contributed by atoms with Crippen LogP contribution in [0.3, 0.4) is 0 Å². The van der Waals surface area contributed by atoms with Crippen LogP contribution in [0.5, 0.6) is 0 Å². The van der Waals surface area contributed by atoms with Gasteiger partial charge >= 0.3 is 0 Å². The molecule has 2 atom stereocenters. The van der Waals surface area contributed by atoms with E-state index in [0.717, 1.165) is 37.0 Å². The van der Waals surface area contributed by atoms with E-state index in [2.05, 4.69) is 24.1 Å². The maximum absolute atomic E-state index is 10.9. The van der Waals surface area contributed by atoms with Gasteiger partial charge in [-0.2, -0.15) is 0 Å². The Balaban J connectivity index is 2.11. The number of nitrogens with one attached hydrogen (secondary N) is 1. The van der Waals surface area contributed by atoms with E-state index in [1.165, 1.54) is 6.42 Å². The summed E-state index contributed by atoms with van der Waals surface area (Å²) in [6.45, 7) is 7.66. The second-order valence-corrected chi connectivity index (χ2v) is 6.00. The van der Waals surface area contributed by atoms with Crippen LogP contribution in [0.4, 0.5) is 11.4 Å². The molecular weight excluding hydrogens is 254 g/mol. The van der Waals surface area contributed by atoms with Gasteiger partial charge in [0.25, 0.3) is 5.69 Å². The van der Waals surface area contributed by atoms with Crippen LogP contribution in [-0.4, -0.2) is 30.0 Å². The summed E-state index contributed by atoms with van der Waals surface area (Å²) in [5.41, 5.74) is 1.85. The van der Waals surface area contributed by atoms with Crippen LogP contribution >= 0.6 is 0 Å². The molecule has 1 aliphatic heterocycles. The Morgan fingerprint density at radius 1 is 1.35 bits per heavy atom. The molecule has 0 saturated carbocycles. The zero-order valence-electron chi connectivity index (χ0n) is 12.4. The number of nitro groups is 1. The smallest absolute Gasteiger partial charge is 0.292 e. The van der Waals surface area contributed by atoms with Crippen molar-refractivity contribution in [2.24, 2.45) is 11.8 Å². The number of rotatable bonds is 4. The summed E-state index contributed by atoms with van der Waals surface area (Å²) < 4.78 is 0. The molecule has 5 nitrogen and oxygen atoms in total. The van der Waals surface area contributed by atoms with Crippen molar-refractivity contribution in [3.05, 3.63) is 33.9 Å². The molecular formula is C15H23N3O2. The normalized spacial score (nSPS) is 23.6. The molecule has 0 spiro atoms. The Kier molecular flexibility index (Phi) is 4.60. The number of hydrogen-bond donors (Lipinski definition) is 1. The maximum atomic E-state index is 10.9. The van der Waals surface area contributed by atoms with E-state index >= 15 is 0 Å². The monoisotopic (exact) mass is 277 g/mol. The Morgan fingerprint density at radius 3 is 2.55 bits per heavy atom. The van der Waals surface area contributed by atoms with Crippen LogP contribution < -0.4 is 5.32 Å². The molecule has 0 aliphatic carbocycles. The second-order valence-electron chi connectivity index (χ2n) is 6.00. The fourth-order valence-electron chi connectivity index (χ4n) is 3.22. The molecule has 1 N–H and O–H groups in total. The first-order valence-corrected chi connectivity index (χ1v) is 7.17. The van der Waals surface area contributed by atoms with Crippen molar-refractivity contribution in [1.29, 1.82) is 0 Å². The molecule has 0 radical (unpaired) electrons. The molecule has 2 unspecified atom stereocenters. The lowest BCUT2D eigenvalue weighted by Gasteiger charge is -2.35. The molecule has 1 fully saturated rings. The van der Waals surface area contributed by atoms with Crippen LogP contribution in [0.1, 0.15) is 25.8 Å². The Morgan fingerprint density at radius 2 is 2.00 bits per heavy atom. The second kappa shape index (κ2) is 6.22. The first-order chi connectivity index (χ1) is 9.49. The molecule has 20 heavy (non-hydrogen) atoms. The van der Waals surface area contributed by atoms with E-state index in [-0.39, 0.29) is 10.6 Å². The summed E-state index contributed by atoms with van der Waals surface area (Å²) in [5, 5.41) is 13.8. The number of likely N-dealkylation sites (tertiary alicyclic amines) is 1. The summed E-state index contributed by atoms with van der Waals surface area (Å²) >= 11 is 0. The summed E-state index contributed by atoms with van der Waals surface area (Å²) in [5.74, 6) is 1.45. The van der Waals surface area contributed by atoms with Gasteiger partial charge in [-0.15, -0.1) is 0 Å². The van der Waals surface area contributed by atoms with Gasteiger partial charge in [-0.05, 0) is 29.9 Å². The van der Waals surface area contributed by atoms with Crippen LogP contribution in [0.25, 0.3) is 0 Å². The molecule has 1 aliphatic rings. The minimum atomic E-state index is -0.347. The van der Waals surface area contributed by atoms with E-state index < -0.39 is 0 Å². The maximum Gasteiger partial charge on any atom is 0.292 e. The third-order valence-electron chi connectivity index (χ3n) is 3.88. The van der Waals surface area contributed by atoms with Crippen LogP contribution in [0, 0.1) is 22.0 Å². The first kappa shape index (κ1) is 14.8. The van der Waals surface area contributed by atoms with Gasteiger partial charge in [0.05, 0.1) is 4.92 Å². The van der Waals surface area contributed by atoms with Crippen LogP contribution in [0.2, 0.25) is 0 Å². The largest absolute Gasteiger partial charge is 0.383 e. The predicted molar refractivity (Wildman–Crippen MR) is 80.9 cm³/mol. The quantitative estimate of drug-likeness (QED) is 0.678. The molecule has 1 heterocycles. The van der Waals surface area contributed by atoms with Crippen molar-refractivity contribution in [3.8, 4) is 0 Å². The standard InChI is InChI=1S/C15H23N3O2/c1-11-6-12(2)9-17(8-11)10-13-4-5-15(18(19)20)14(7-13)16-3/h4-5,7,11-12,16H,6,8-10H2,1-3H3. The van der Waals surface area contributed by atoms with Gasteiger partial charge < -0.3 is 5.32 Å². The SMILES string of the molecule is CNc1cc(CN2CC(C)CC(C)C2)ccc1[N+](=O)[O-]. The van der Waals surface area contributed by atoms with Gasteiger partial charge in [0.15, 0.2) is 0 Å². The number of hydrogen-bond acceptors (Lipinski definition) is 4. The Labute approximate surface area is 120 Å². The van der Waals surface area contributed by atoms with Crippen molar-refractivity contribution in [2.45, 2.75) is 26.8 Å². The van der Waals surface area contributed by atoms with Crippen molar-refractivity contribution in [1.82, 2.24) is 4.90 Å². The van der Waals surface area contributed by atoms with E-state index in [0.29, 0.717) is 5.69 Å². The van der Waals surface area contributed by atoms with Gasteiger partial charge in [-0.25, -0.2) is 0 Å². The summed E-state index contributed by atoms with van der Waals surface area (Å²) in [6, 6.07) is 5.35. The number of nitro benzene ring substituents is 1. The molecule has 2 rings (SSSR count). The average molecular weight is 277 g/mol. The van der Waals surface area contributed by atoms with Crippen molar-refractivity contribution in [2.75, 3.05) is 25.5 Å². The highest BCUT2D eigenvalue weighted by Gasteiger charge is 2.22. The zero-order chi connectivity index (χ0) is 14.7. The van der Waals surface area contributed by atoms with E-state index in [1.54, 1.807) is 13.1 Å². The Hall–Kier alpha value is -1.62. The molecule has 110 valence electrons. The average Bonchev–Trinajstić information content (AvgIpc) is 2.37. The number of piperidine rings is 1. The summed E-state index contributed by atoms with van der Waals surface area (Å²) in [7, 11) is 1.72. The fraction of sp³-hybridized carbons (Fsp3) is 0.600. The minimum Gasteiger partial charge on any atom is -0.383 e. The molecule has 0 amide bonds. The van der Waals surface area contributed by atoms with Crippen molar-refractivity contribution >= 4 is 11.4 Å². The van der Waals surface area contributed by atoms with Gasteiger partial charge in [-0.3, -0.25) is 15.0 Å². The van der Waals surface area contributed by atoms with E-state index in [9.17, 15) is 10.1 Å². The molecule has 1 aromatic rings. The van der Waals surface area contributed by atoms with Gasteiger partial charge in [0.2, 0.25) is 0 Å². The molecule has 5 heteroatoms. The lowest BCUT2D eigenvalue weighted by Crippen LogP contribution is -2.38. The third kappa shape index (κ3) is 3.48.